The predicted octanol–water partition coefficient (Wildman–Crippen LogP) is 3.79. The van der Waals surface area contributed by atoms with E-state index >= 15 is 0 Å². The fourth-order valence-corrected chi connectivity index (χ4v) is 4.84. The molecule has 2 aliphatic rings. The summed E-state index contributed by atoms with van der Waals surface area (Å²) in [5.74, 6) is 0. The van der Waals surface area contributed by atoms with Crippen molar-refractivity contribution in [3.63, 3.8) is 0 Å². The second-order valence-corrected chi connectivity index (χ2v) is 8.02. The molecule has 2 fully saturated rings. The van der Waals surface area contributed by atoms with Crippen LogP contribution in [0.25, 0.3) is 0 Å². The van der Waals surface area contributed by atoms with Gasteiger partial charge in [-0.1, -0.05) is 6.42 Å². The summed E-state index contributed by atoms with van der Waals surface area (Å²) in [6, 6.07) is 6.36. The molecule has 0 saturated carbocycles. The van der Waals surface area contributed by atoms with Gasteiger partial charge in [0.15, 0.2) is 0 Å². The van der Waals surface area contributed by atoms with Crippen LogP contribution in [0, 0.1) is 0 Å². The third-order valence-corrected chi connectivity index (χ3v) is 6.15. The molecule has 1 aromatic heterocycles. The maximum Gasteiger partial charge on any atom is 0.0701 e. The van der Waals surface area contributed by atoms with Crippen LogP contribution in [0.3, 0.4) is 0 Å². The number of piperidine rings is 1. The molecule has 2 saturated heterocycles. The third kappa shape index (κ3) is 2.67. The molecule has 4 heteroatoms. The summed E-state index contributed by atoms with van der Waals surface area (Å²) in [6.07, 6.45) is 5.52. The summed E-state index contributed by atoms with van der Waals surface area (Å²) >= 11 is 5.40. The Balaban J connectivity index is 1.62. The second kappa shape index (κ2) is 5.61. The van der Waals surface area contributed by atoms with Crippen LogP contribution in [0.2, 0.25) is 0 Å². The lowest BCUT2D eigenvalue weighted by Gasteiger charge is -2.33. The highest BCUT2D eigenvalue weighted by atomic mass is 79.9. The largest absolute Gasteiger partial charge is 0.305 e. The monoisotopic (exact) mass is 328 g/mol. The average Bonchev–Trinajstić information content (AvgIpc) is 2.97. The van der Waals surface area contributed by atoms with Gasteiger partial charge in [0, 0.05) is 29.5 Å². The number of nitrogens with zero attached hydrogens (tertiary/aromatic N) is 1. The number of nitrogens with one attached hydrogen (secondary N) is 1. The van der Waals surface area contributed by atoms with Gasteiger partial charge in [0.2, 0.25) is 0 Å². The minimum atomic E-state index is 0.480. The smallest absolute Gasteiger partial charge is 0.0701 e. The van der Waals surface area contributed by atoms with E-state index in [2.05, 4.69) is 45.2 Å². The van der Waals surface area contributed by atoms with E-state index in [4.69, 9.17) is 0 Å². The Bertz CT molecular complexity index is 406. The Morgan fingerprint density at radius 3 is 3.00 bits per heavy atom. The van der Waals surface area contributed by atoms with Crippen LogP contribution in [0.15, 0.2) is 15.9 Å². The Morgan fingerprint density at radius 2 is 2.22 bits per heavy atom. The van der Waals surface area contributed by atoms with Crippen LogP contribution < -0.4 is 5.32 Å². The summed E-state index contributed by atoms with van der Waals surface area (Å²) in [4.78, 5) is 4.13. The standard InChI is InChI=1S/C14H21BrN2S/c1-10(13-5-6-14(15)18-13)16-11-7-9-17-8-3-2-4-12(11)17/h5-6,10-12,16H,2-4,7-9H2,1H3. The van der Waals surface area contributed by atoms with Crippen molar-refractivity contribution in [1.82, 2.24) is 10.2 Å². The lowest BCUT2D eigenvalue weighted by molar-refractivity contribution is 0.177. The first-order valence-electron chi connectivity index (χ1n) is 6.99. The maximum absolute atomic E-state index is 3.86. The molecule has 100 valence electrons. The van der Waals surface area contributed by atoms with Gasteiger partial charge in [0.25, 0.3) is 0 Å². The molecule has 1 N–H and O–H groups in total. The number of thiophene rings is 1. The van der Waals surface area contributed by atoms with Crippen LogP contribution in [0.1, 0.15) is 43.5 Å². The van der Waals surface area contributed by atoms with E-state index < -0.39 is 0 Å². The van der Waals surface area contributed by atoms with E-state index in [0.29, 0.717) is 12.1 Å². The summed E-state index contributed by atoms with van der Waals surface area (Å²) in [5.41, 5.74) is 0. The molecule has 1 aromatic rings. The fourth-order valence-electron chi connectivity index (χ4n) is 3.41. The zero-order chi connectivity index (χ0) is 12.5. The quantitative estimate of drug-likeness (QED) is 0.908. The van der Waals surface area contributed by atoms with Crippen LogP contribution in [0.4, 0.5) is 0 Å². The van der Waals surface area contributed by atoms with Crippen molar-refractivity contribution < 1.29 is 0 Å². The van der Waals surface area contributed by atoms with Gasteiger partial charge in [-0.2, -0.15) is 0 Å². The summed E-state index contributed by atoms with van der Waals surface area (Å²) in [5, 5.41) is 3.86. The zero-order valence-corrected chi connectivity index (χ0v) is 13.3. The van der Waals surface area contributed by atoms with Gasteiger partial charge in [-0.05, 0) is 60.8 Å². The van der Waals surface area contributed by atoms with E-state index in [1.165, 1.54) is 47.4 Å². The SMILES string of the molecule is CC(NC1CCN2CCCCC12)c1ccc(Br)s1. The normalized spacial score (nSPS) is 30.3. The molecule has 3 heterocycles. The number of hydrogen-bond acceptors (Lipinski definition) is 3. The van der Waals surface area contributed by atoms with E-state index in [9.17, 15) is 0 Å². The van der Waals surface area contributed by atoms with Gasteiger partial charge in [0.1, 0.15) is 0 Å². The molecular weight excluding hydrogens is 308 g/mol. The highest BCUT2D eigenvalue weighted by Gasteiger charge is 2.35. The van der Waals surface area contributed by atoms with Gasteiger partial charge in [-0.15, -0.1) is 11.3 Å². The molecule has 2 aliphatic heterocycles. The van der Waals surface area contributed by atoms with Gasteiger partial charge in [0.05, 0.1) is 3.79 Å². The maximum atomic E-state index is 3.86. The van der Waals surface area contributed by atoms with Crippen LogP contribution in [0.5, 0.6) is 0 Å². The van der Waals surface area contributed by atoms with Crippen LogP contribution in [-0.2, 0) is 0 Å². The average molecular weight is 329 g/mol. The lowest BCUT2D eigenvalue weighted by Crippen LogP contribution is -2.45. The zero-order valence-electron chi connectivity index (χ0n) is 10.9. The van der Waals surface area contributed by atoms with Gasteiger partial charge < -0.3 is 5.32 Å². The first kappa shape index (κ1) is 13.1. The molecule has 0 radical (unpaired) electrons. The Hall–Kier alpha value is 0.1000. The van der Waals surface area contributed by atoms with Crippen LogP contribution >= 0.6 is 27.3 Å². The molecule has 0 aliphatic carbocycles. The van der Waals surface area contributed by atoms with E-state index in [1.807, 2.05) is 11.3 Å². The first-order valence-corrected chi connectivity index (χ1v) is 8.60. The van der Waals surface area contributed by atoms with Crippen LogP contribution in [-0.4, -0.2) is 30.1 Å². The van der Waals surface area contributed by atoms with Gasteiger partial charge in [-0.3, -0.25) is 4.90 Å². The van der Waals surface area contributed by atoms with Gasteiger partial charge in [-0.25, -0.2) is 0 Å². The number of halogens is 1. The minimum absolute atomic E-state index is 0.480. The Morgan fingerprint density at radius 1 is 1.33 bits per heavy atom. The number of hydrogen-bond donors (Lipinski definition) is 1. The van der Waals surface area contributed by atoms with Crippen molar-refractivity contribution in [2.45, 2.75) is 50.7 Å². The van der Waals surface area contributed by atoms with Gasteiger partial charge >= 0.3 is 0 Å². The van der Waals surface area contributed by atoms with Crippen molar-refractivity contribution >= 4 is 27.3 Å². The molecular formula is C14H21BrN2S. The Labute approximate surface area is 122 Å². The van der Waals surface area contributed by atoms with Crippen molar-refractivity contribution in [2.24, 2.45) is 0 Å². The molecule has 0 amide bonds. The topological polar surface area (TPSA) is 15.3 Å². The molecule has 0 aromatic carbocycles. The molecule has 3 unspecified atom stereocenters. The highest BCUT2D eigenvalue weighted by Crippen LogP contribution is 2.31. The minimum Gasteiger partial charge on any atom is -0.305 e. The molecule has 3 rings (SSSR count). The molecule has 3 atom stereocenters. The number of rotatable bonds is 3. The van der Waals surface area contributed by atoms with Crippen molar-refractivity contribution in [3.05, 3.63) is 20.8 Å². The number of fused-ring (bicyclic) bond motifs is 1. The molecule has 18 heavy (non-hydrogen) atoms. The Kier molecular flexibility index (Phi) is 4.09. The van der Waals surface area contributed by atoms with Crippen molar-refractivity contribution in [2.75, 3.05) is 13.1 Å². The summed E-state index contributed by atoms with van der Waals surface area (Å²) in [6.45, 7) is 4.91. The molecule has 0 bridgehead atoms. The van der Waals surface area contributed by atoms with E-state index in [1.54, 1.807) is 0 Å². The highest BCUT2D eigenvalue weighted by molar-refractivity contribution is 9.11. The van der Waals surface area contributed by atoms with E-state index in [-0.39, 0.29) is 0 Å². The predicted molar refractivity (Wildman–Crippen MR) is 81.2 cm³/mol. The molecule has 2 nitrogen and oxygen atoms in total. The second-order valence-electron chi connectivity index (χ2n) is 5.52. The first-order chi connectivity index (χ1) is 8.74. The summed E-state index contributed by atoms with van der Waals surface area (Å²) < 4.78 is 1.23. The fraction of sp³-hybridized carbons (Fsp3) is 0.714. The summed E-state index contributed by atoms with van der Waals surface area (Å²) in [7, 11) is 0. The van der Waals surface area contributed by atoms with Crippen molar-refractivity contribution in [3.8, 4) is 0 Å². The van der Waals surface area contributed by atoms with E-state index in [0.717, 1.165) is 6.04 Å². The lowest BCUT2D eigenvalue weighted by atomic mass is 9.98. The van der Waals surface area contributed by atoms with Crippen molar-refractivity contribution in [1.29, 1.82) is 0 Å². The third-order valence-electron chi connectivity index (χ3n) is 4.34. The molecule has 0 spiro atoms.